The Bertz CT molecular complexity index is 537. The maximum atomic E-state index is 12.5. The van der Waals surface area contributed by atoms with Crippen molar-refractivity contribution < 1.29 is 4.79 Å². The summed E-state index contributed by atoms with van der Waals surface area (Å²) in [5.41, 5.74) is 7.64. The van der Waals surface area contributed by atoms with Gasteiger partial charge in [-0.15, -0.1) is 0 Å². The van der Waals surface area contributed by atoms with E-state index in [2.05, 4.69) is 33.2 Å². The van der Waals surface area contributed by atoms with Gasteiger partial charge in [-0.1, -0.05) is 30.3 Å². The fourth-order valence-electron chi connectivity index (χ4n) is 3.78. The number of nitrogens with zero attached hydrogens (tertiary/aromatic N) is 1. The first-order chi connectivity index (χ1) is 11.3. The largest absolute Gasteiger partial charge is 0.352 e. The zero-order valence-electron chi connectivity index (χ0n) is 13.5. The second kappa shape index (κ2) is 6.59. The molecule has 1 amide bonds. The topological polar surface area (TPSA) is 56.4 Å². The number of carbonyl (C=O) groups is 1. The molecule has 2 saturated heterocycles. The van der Waals surface area contributed by atoms with Crippen molar-refractivity contribution in [2.75, 3.05) is 13.1 Å². The van der Waals surface area contributed by atoms with E-state index in [0.29, 0.717) is 6.04 Å². The average molecular weight is 314 g/mol. The molecule has 3 aliphatic rings. The predicted molar refractivity (Wildman–Crippen MR) is 89.6 cm³/mol. The fraction of sp³-hybridized carbons (Fsp3) is 0.611. The number of nitrogens with one attached hydrogen (secondary N) is 3. The van der Waals surface area contributed by atoms with Crippen LogP contribution in [0.4, 0.5) is 0 Å². The molecule has 124 valence electrons. The van der Waals surface area contributed by atoms with Gasteiger partial charge in [0.05, 0.1) is 0 Å². The van der Waals surface area contributed by atoms with E-state index in [-0.39, 0.29) is 18.0 Å². The van der Waals surface area contributed by atoms with Gasteiger partial charge in [-0.3, -0.25) is 4.79 Å². The van der Waals surface area contributed by atoms with Gasteiger partial charge in [-0.2, -0.15) is 0 Å². The van der Waals surface area contributed by atoms with E-state index in [0.717, 1.165) is 38.4 Å². The maximum absolute atomic E-state index is 12.5. The third-order valence-electron chi connectivity index (χ3n) is 5.36. The van der Waals surface area contributed by atoms with Crippen molar-refractivity contribution in [3.8, 4) is 0 Å². The molecule has 2 unspecified atom stereocenters. The Morgan fingerprint density at radius 2 is 1.78 bits per heavy atom. The van der Waals surface area contributed by atoms with Crippen LogP contribution in [0.25, 0.3) is 0 Å². The van der Waals surface area contributed by atoms with Crippen molar-refractivity contribution >= 4 is 5.91 Å². The summed E-state index contributed by atoms with van der Waals surface area (Å²) < 4.78 is 0. The molecule has 1 aromatic rings. The standard InChI is InChI=1S/C18H26N4O/c23-18(19-14-8-10-22(11-9-14)15-6-7-15)17-12-16(20-21-17)13-4-2-1-3-5-13/h1-5,14-17,20-21H,6-12H2,(H,19,23). The van der Waals surface area contributed by atoms with Crippen LogP contribution < -0.4 is 16.2 Å². The van der Waals surface area contributed by atoms with Gasteiger partial charge < -0.3 is 10.2 Å². The Balaban J connectivity index is 1.25. The molecule has 2 atom stereocenters. The van der Waals surface area contributed by atoms with Crippen LogP contribution in [0.2, 0.25) is 0 Å². The zero-order valence-corrected chi connectivity index (χ0v) is 13.5. The highest BCUT2D eigenvalue weighted by Crippen LogP contribution is 2.29. The van der Waals surface area contributed by atoms with Gasteiger partial charge in [0.1, 0.15) is 6.04 Å². The van der Waals surface area contributed by atoms with Gasteiger partial charge in [0.15, 0.2) is 0 Å². The summed E-state index contributed by atoms with van der Waals surface area (Å²) in [5.74, 6) is 0.140. The number of hydrogen-bond acceptors (Lipinski definition) is 4. The van der Waals surface area contributed by atoms with Crippen LogP contribution in [0, 0.1) is 0 Å². The minimum absolute atomic E-state index is 0.137. The Morgan fingerprint density at radius 1 is 1.04 bits per heavy atom. The number of carbonyl (C=O) groups excluding carboxylic acids is 1. The number of hydrazine groups is 1. The third kappa shape index (κ3) is 3.57. The summed E-state index contributed by atoms with van der Waals surface area (Å²) in [7, 11) is 0. The number of hydrogen-bond donors (Lipinski definition) is 3. The molecular formula is C18H26N4O. The minimum Gasteiger partial charge on any atom is -0.352 e. The van der Waals surface area contributed by atoms with Gasteiger partial charge in [0, 0.05) is 31.2 Å². The maximum Gasteiger partial charge on any atom is 0.238 e. The number of likely N-dealkylation sites (tertiary alicyclic amines) is 1. The van der Waals surface area contributed by atoms with Crippen molar-refractivity contribution in [3.05, 3.63) is 35.9 Å². The quantitative estimate of drug-likeness (QED) is 0.785. The first-order valence-corrected chi connectivity index (χ1v) is 8.90. The van der Waals surface area contributed by atoms with E-state index in [1.165, 1.54) is 18.4 Å². The van der Waals surface area contributed by atoms with E-state index in [4.69, 9.17) is 0 Å². The number of benzene rings is 1. The molecule has 5 heteroatoms. The Kier molecular flexibility index (Phi) is 4.33. The summed E-state index contributed by atoms with van der Waals surface area (Å²) in [5, 5.41) is 3.24. The summed E-state index contributed by atoms with van der Waals surface area (Å²) in [6.07, 6.45) is 5.72. The van der Waals surface area contributed by atoms with Gasteiger partial charge in [0.2, 0.25) is 5.91 Å². The third-order valence-corrected chi connectivity index (χ3v) is 5.36. The summed E-state index contributed by atoms with van der Waals surface area (Å²) in [6.45, 7) is 2.27. The minimum atomic E-state index is -0.137. The summed E-state index contributed by atoms with van der Waals surface area (Å²) in [6, 6.07) is 11.6. The molecule has 1 saturated carbocycles. The van der Waals surface area contributed by atoms with Gasteiger partial charge >= 0.3 is 0 Å². The van der Waals surface area contributed by atoms with Crippen molar-refractivity contribution in [1.82, 2.24) is 21.1 Å². The molecule has 0 radical (unpaired) electrons. The van der Waals surface area contributed by atoms with Gasteiger partial charge in [0.25, 0.3) is 0 Å². The Labute approximate surface area is 137 Å². The monoisotopic (exact) mass is 314 g/mol. The van der Waals surface area contributed by atoms with Crippen LogP contribution in [-0.2, 0) is 4.79 Å². The molecule has 0 spiro atoms. The SMILES string of the molecule is O=C(NC1CCN(C2CC2)CC1)C1CC(c2ccccc2)NN1. The van der Waals surface area contributed by atoms with Crippen molar-refractivity contribution in [3.63, 3.8) is 0 Å². The molecule has 1 aliphatic carbocycles. The van der Waals surface area contributed by atoms with Crippen molar-refractivity contribution in [1.29, 1.82) is 0 Å². The highest BCUT2D eigenvalue weighted by molar-refractivity contribution is 5.82. The van der Waals surface area contributed by atoms with Crippen molar-refractivity contribution in [2.24, 2.45) is 0 Å². The predicted octanol–water partition coefficient (Wildman–Crippen LogP) is 1.34. The summed E-state index contributed by atoms with van der Waals surface area (Å²) in [4.78, 5) is 15.1. The molecule has 4 rings (SSSR count). The Morgan fingerprint density at radius 3 is 2.48 bits per heavy atom. The van der Waals surface area contributed by atoms with E-state index < -0.39 is 0 Å². The lowest BCUT2D eigenvalue weighted by Crippen LogP contribution is -2.50. The molecule has 0 aromatic heterocycles. The Hall–Kier alpha value is -1.43. The molecule has 1 aromatic carbocycles. The highest BCUT2D eigenvalue weighted by atomic mass is 16.2. The van der Waals surface area contributed by atoms with E-state index in [1.807, 2.05) is 18.2 Å². The number of piperidine rings is 1. The van der Waals surface area contributed by atoms with Crippen LogP contribution in [0.5, 0.6) is 0 Å². The molecule has 3 fully saturated rings. The lowest BCUT2D eigenvalue weighted by molar-refractivity contribution is -0.123. The van der Waals surface area contributed by atoms with Crippen LogP contribution in [-0.4, -0.2) is 42.0 Å². The van der Waals surface area contributed by atoms with Gasteiger partial charge in [-0.05, 0) is 37.7 Å². The van der Waals surface area contributed by atoms with Crippen LogP contribution in [0.3, 0.4) is 0 Å². The average Bonchev–Trinajstić information content (AvgIpc) is 3.32. The molecule has 2 heterocycles. The van der Waals surface area contributed by atoms with E-state index in [1.54, 1.807) is 0 Å². The summed E-state index contributed by atoms with van der Waals surface area (Å²) >= 11 is 0. The second-order valence-corrected chi connectivity index (χ2v) is 7.09. The lowest BCUT2D eigenvalue weighted by atomic mass is 10.0. The molecule has 3 N–H and O–H groups in total. The molecule has 23 heavy (non-hydrogen) atoms. The smallest absolute Gasteiger partial charge is 0.238 e. The van der Waals surface area contributed by atoms with Crippen LogP contribution >= 0.6 is 0 Å². The van der Waals surface area contributed by atoms with Gasteiger partial charge in [-0.25, -0.2) is 10.9 Å². The normalized spacial score (nSPS) is 29.6. The lowest BCUT2D eigenvalue weighted by Gasteiger charge is -2.32. The zero-order chi connectivity index (χ0) is 15.6. The van der Waals surface area contributed by atoms with Crippen LogP contribution in [0.15, 0.2) is 30.3 Å². The second-order valence-electron chi connectivity index (χ2n) is 7.09. The molecular weight excluding hydrogens is 288 g/mol. The molecule has 0 bridgehead atoms. The highest BCUT2D eigenvalue weighted by Gasteiger charge is 2.34. The van der Waals surface area contributed by atoms with E-state index in [9.17, 15) is 4.79 Å². The van der Waals surface area contributed by atoms with Crippen molar-refractivity contribution in [2.45, 2.75) is 56.3 Å². The first kappa shape index (κ1) is 15.1. The number of amides is 1. The van der Waals surface area contributed by atoms with E-state index >= 15 is 0 Å². The van der Waals surface area contributed by atoms with Crippen LogP contribution in [0.1, 0.15) is 43.7 Å². The first-order valence-electron chi connectivity index (χ1n) is 8.90. The molecule has 2 aliphatic heterocycles. The number of rotatable bonds is 4. The fourth-order valence-corrected chi connectivity index (χ4v) is 3.78. The molecule has 5 nitrogen and oxygen atoms in total.